The molecule has 6 heteroatoms. The van der Waals surface area contributed by atoms with Crippen LogP contribution in [-0.4, -0.2) is 33.8 Å². The van der Waals surface area contributed by atoms with Crippen molar-refractivity contribution < 1.29 is 0 Å². The van der Waals surface area contributed by atoms with Gasteiger partial charge in [-0.15, -0.1) is 10.2 Å². The van der Waals surface area contributed by atoms with Gasteiger partial charge in [0.05, 0.1) is 6.54 Å². The predicted octanol–water partition coefficient (Wildman–Crippen LogP) is 2.51. The number of aromatic nitrogens is 3. The number of hydrogen-bond donors (Lipinski definition) is 2. The van der Waals surface area contributed by atoms with Gasteiger partial charge in [0, 0.05) is 20.1 Å². The van der Waals surface area contributed by atoms with Crippen LogP contribution in [0.3, 0.4) is 0 Å². The minimum absolute atomic E-state index is 0.479. The first kappa shape index (κ1) is 17.5. The molecule has 134 valence electrons. The molecule has 3 rings (SSSR count). The summed E-state index contributed by atoms with van der Waals surface area (Å²) in [6.07, 6.45) is 4.79. The Labute approximate surface area is 149 Å². The van der Waals surface area contributed by atoms with Gasteiger partial charge < -0.3 is 15.2 Å². The number of hydrogen-bond acceptors (Lipinski definition) is 3. The van der Waals surface area contributed by atoms with Crippen molar-refractivity contribution in [2.75, 3.05) is 7.05 Å². The van der Waals surface area contributed by atoms with Crippen LogP contribution in [0.5, 0.6) is 0 Å². The largest absolute Gasteiger partial charge is 0.354 e. The summed E-state index contributed by atoms with van der Waals surface area (Å²) in [7, 11) is 3.79. The predicted molar refractivity (Wildman–Crippen MR) is 101 cm³/mol. The number of nitrogens with one attached hydrogen (secondary N) is 2. The smallest absolute Gasteiger partial charge is 0.191 e. The molecule has 1 fully saturated rings. The van der Waals surface area contributed by atoms with Crippen LogP contribution in [0.15, 0.2) is 35.3 Å². The SMILES string of the molecule is CN=C(NCc1nnc(C)n1C)NC1CCC(c2ccccc2)CC1. The third-order valence-electron chi connectivity index (χ3n) is 5.16. The van der Waals surface area contributed by atoms with Gasteiger partial charge in [0.2, 0.25) is 0 Å². The Morgan fingerprint density at radius 3 is 2.48 bits per heavy atom. The first-order valence-electron chi connectivity index (χ1n) is 9.04. The van der Waals surface area contributed by atoms with E-state index in [2.05, 4.69) is 56.2 Å². The summed E-state index contributed by atoms with van der Waals surface area (Å²) >= 11 is 0. The van der Waals surface area contributed by atoms with Crippen LogP contribution >= 0.6 is 0 Å². The molecule has 0 spiro atoms. The highest BCUT2D eigenvalue weighted by atomic mass is 15.3. The van der Waals surface area contributed by atoms with Crippen molar-refractivity contribution in [2.45, 2.75) is 51.1 Å². The van der Waals surface area contributed by atoms with E-state index in [1.165, 1.54) is 31.2 Å². The molecule has 0 unspecified atom stereocenters. The van der Waals surface area contributed by atoms with Gasteiger partial charge in [-0.05, 0) is 44.1 Å². The minimum Gasteiger partial charge on any atom is -0.354 e. The van der Waals surface area contributed by atoms with Crippen molar-refractivity contribution in [3.63, 3.8) is 0 Å². The van der Waals surface area contributed by atoms with Gasteiger partial charge in [0.25, 0.3) is 0 Å². The summed E-state index contributed by atoms with van der Waals surface area (Å²) in [5, 5.41) is 15.2. The minimum atomic E-state index is 0.479. The molecule has 25 heavy (non-hydrogen) atoms. The highest BCUT2D eigenvalue weighted by Gasteiger charge is 2.22. The number of aliphatic imine (C=N–C) groups is 1. The van der Waals surface area contributed by atoms with Gasteiger partial charge in [-0.3, -0.25) is 4.99 Å². The highest BCUT2D eigenvalue weighted by Crippen LogP contribution is 2.32. The number of aryl methyl sites for hydroxylation is 1. The molecule has 1 aliphatic carbocycles. The van der Waals surface area contributed by atoms with Crippen molar-refractivity contribution in [2.24, 2.45) is 12.0 Å². The molecule has 1 aromatic carbocycles. The van der Waals surface area contributed by atoms with Crippen molar-refractivity contribution in [1.82, 2.24) is 25.4 Å². The van der Waals surface area contributed by atoms with Crippen LogP contribution < -0.4 is 10.6 Å². The van der Waals surface area contributed by atoms with Gasteiger partial charge in [-0.25, -0.2) is 0 Å². The standard InChI is InChI=1S/C19H28N6/c1-14-23-24-18(25(14)3)13-21-19(20-2)22-17-11-9-16(10-12-17)15-7-5-4-6-8-15/h4-8,16-17H,9-13H2,1-3H3,(H2,20,21,22). The Hall–Kier alpha value is -2.37. The van der Waals surface area contributed by atoms with Crippen LogP contribution in [0.1, 0.15) is 48.8 Å². The second-order valence-corrected chi connectivity index (χ2v) is 6.75. The molecule has 0 aliphatic heterocycles. The molecule has 0 amide bonds. The second-order valence-electron chi connectivity index (χ2n) is 6.75. The van der Waals surface area contributed by atoms with Crippen LogP contribution in [0.25, 0.3) is 0 Å². The van der Waals surface area contributed by atoms with E-state index in [-0.39, 0.29) is 0 Å². The Bertz CT molecular complexity index is 698. The van der Waals surface area contributed by atoms with Gasteiger partial charge in [0.1, 0.15) is 5.82 Å². The zero-order chi connectivity index (χ0) is 17.6. The quantitative estimate of drug-likeness (QED) is 0.663. The molecule has 2 N–H and O–H groups in total. The van der Waals surface area contributed by atoms with Crippen LogP contribution in [0.4, 0.5) is 0 Å². The lowest BCUT2D eigenvalue weighted by atomic mass is 9.82. The first-order chi connectivity index (χ1) is 12.2. The Kier molecular flexibility index (Phi) is 5.68. The van der Waals surface area contributed by atoms with E-state index >= 15 is 0 Å². The maximum absolute atomic E-state index is 4.35. The summed E-state index contributed by atoms with van der Waals surface area (Å²) in [6, 6.07) is 11.3. The fraction of sp³-hybridized carbons (Fsp3) is 0.526. The third kappa shape index (κ3) is 4.38. The summed E-state index contributed by atoms with van der Waals surface area (Å²) in [5.74, 6) is 3.35. The number of benzene rings is 1. The van der Waals surface area contributed by atoms with E-state index in [0.29, 0.717) is 18.5 Å². The average molecular weight is 340 g/mol. The van der Waals surface area contributed by atoms with Crippen LogP contribution in [-0.2, 0) is 13.6 Å². The number of rotatable bonds is 4. The normalized spacial score (nSPS) is 21.2. The van der Waals surface area contributed by atoms with Crippen molar-refractivity contribution in [1.29, 1.82) is 0 Å². The lowest BCUT2D eigenvalue weighted by Crippen LogP contribution is -2.44. The number of guanidine groups is 1. The second kappa shape index (κ2) is 8.14. The summed E-state index contributed by atoms with van der Waals surface area (Å²) in [6.45, 7) is 2.57. The molecule has 1 saturated carbocycles. The molecule has 0 atom stereocenters. The monoisotopic (exact) mass is 340 g/mol. The van der Waals surface area contributed by atoms with Gasteiger partial charge in [-0.2, -0.15) is 0 Å². The lowest BCUT2D eigenvalue weighted by molar-refractivity contribution is 0.371. The Morgan fingerprint density at radius 1 is 1.16 bits per heavy atom. The maximum atomic E-state index is 4.35. The van der Waals surface area contributed by atoms with E-state index in [9.17, 15) is 0 Å². The van der Waals surface area contributed by atoms with E-state index < -0.39 is 0 Å². The summed E-state index contributed by atoms with van der Waals surface area (Å²) in [4.78, 5) is 4.35. The number of nitrogens with zero attached hydrogens (tertiary/aromatic N) is 4. The van der Waals surface area contributed by atoms with Crippen molar-refractivity contribution in [3.8, 4) is 0 Å². The Balaban J connectivity index is 1.48. The van der Waals surface area contributed by atoms with Crippen molar-refractivity contribution >= 4 is 5.96 Å². The zero-order valence-electron chi connectivity index (χ0n) is 15.4. The highest BCUT2D eigenvalue weighted by molar-refractivity contribution is 5.79. The molecular weight excluding hydrogens is 312 g/mol. The lowest BCUT2D eigenvalue weighted by Gasteiger charge is -2.30. The molecular formula is C19H28N6. The molecule has 0 saturated heterocycles. The molecule has 0 radical (unpaired) electrons. The van der Waals surface area contributed by atoms with E-state index in [4.69, 9.17) is 0 Å². The third-order valence-corrected chi connectivity index (χ3v) is 5.16. The summed E-state index contributed by atoms with van der Waals surface area (Å²) < 4.78 is 1.99. The van der Waals surface area contributed by atoms with Gasteiger partial charge in [0.15, 0.2) is 11.8 Å². The average Bonchev–Trinajstić information content (AvgIpc) is 2.98. The van der Waals surface area contributed by atoms with Gasteiger partial charge >= 0.3 is 0 Å². The van der Waals surface area contributed by atoms with E-state index in [1.807, 2.05) is 25.6 Å². The topological polar surface area (TPSA) is 67.1 Å². The molecule has 1 aliphatic rings. The van der Waals surface area contributed by atoms with Crippen LogP contribution in [0, 0.1) is 6.92 Å². The van der Waals surface area contributed by atoms with Crippen molar-refractivity contribution in [3.05, 3.63) is 47.5 Å². The van der Waals surface area contributed by atoms with E-state index in [1.54, 1.807) is 0 Å². The molecule has 1 aromatic heterocycles. The van der Waals surface area contributed by atoms with Gasteiger partial charge in [-0.1, -0.05) is 30.3 Å². The maximum Gasteiger partial charge on any atom is 0.191 e. The molecule has 6 nitrogen and oxygen atoms in total. The van der Waals surface area contributed by atoms with E-state index in [0.717, 1.165) is 17.6 Å². The fourth-order valence-corrected chi connectivity index (χ4v) is 3.45. The van der Waals surface area contributed by atoms with Crippen LogP contribution in [0.2, 0.25) is 0 Å². The Morgan fingerprint density at radius 2 is 1.88 bits per heavy atom. The molecule has 0 bridgehead atoms. The summed E-state index contributed by atoms with van der Waals surface area (Å²) in [5.41, 5.74) is 1.47. The molecule has 1 heterocycles. The fourth-order valence-electron chi connectivity index (χ4n) is 3.45. The zero-order valence-corrected chi connectivity index (χ0v) is 15.4. The first-order valence-corrected chi connectivity index (χ1v) is 9.04. The molecule has 2 aromatic rings.